The summed E-state index contributed by atoms with van der Waals surface area (Å²) in [6.07, 6.45) is 1.80. The zero-order chi connectivity index (χ0) is 12.7. The third-order valence-electron chi connectivity index (χ3n) is 2.30. The van der Waals surface area contributed by atoms with Gasteiger partial charge in [0.15, 0.2) is 5.17 Å². The van der Waals surface area contributed by atoms with E-state index >= 15 is 0 Å². The summed E-state index contributed by atoms with van der Waals surface area (Å²) in [6, 6.07) is 2.05. The molecule has 0 aromatic carbocycles. The summed E-state index contributed by atoms with van der Waals surface area (Å²) in [5.41, 5.74) is 0.0277. The summed E-state index contributed by atoms with van der Waals surface area (Å²) in [5.74, 6) is 0.304. The third-order valence-corrected chi connectivity index (χ3v) is 3.18. The minimum Gasteiger partial charge on any atom is -0.379 e. The zero-order valence-electron chi connectivity index (χ0n) is 10.1. The molecular formula is C11H16N4OS. The van der Waals surface area contributed by atoms with E-state index in [4.69, 9.17) is 15.3 Å². The second-order valence-corrected chi connectivity index (χ2v) is 5.52. The molecule has 0 aliphatic carbocycles. The van der Waals surface area contributed by atoms with Gasteiger partial charge in [-0.1, -0.05) is 25.6 Å². The Hall–Kier alpha value is -1.24. The monoisotopic (exact) mass is 252 g/mol. The maximum Gasteiger partial charge on any atom is 0.208 e. The Kier molecular flexibility index (Phi) is 5.27. The fourth-order valence-corrected chi connectivity index (χ4v) is 2.30. The molecule has 92 valence electrons. The van der Waals surface area contributed by atoms with Crippen molar-refractivity contribution in [3.05, 3.63) is 0 Å². The lowest BCUT2D eigenvalue weighted by Gasteiger charge is -2.29. The minimum atomic E-state index is 0.0277. The van der Waals surface area contributed by atoms with Crippen LogP contribution in [0.5, 0.6) is 0 Å². The molecule has 17 heavy (non-hydrogen) atoms. The van der Waals surface area contributed by atoms with Gasteiger partial charge in [-0.05, 0) is 0 Å². The first kappa shape index (κ1) is 13.8. The highest BCUT2D eigenvalue weighted by atomic mass is 32.2. The Bertz CT molecular complexity index is 367. The van der Waals surface area contributed by atoms with E-state index in [1.165, 1.54) is 11.8 Å². The molecule has 0 spiro atoms. The van der Waals surface area contributed by atoms with Crippen LogP contribution in [0.1, 0.15) is 13.8 Å². The molecule has 1 aliphatic rings. The van der Waals surface area contributed by atoms with Crippen LogP contribution >= 0.6 is 11.8 Å². The Morgan fingerprint density at radius 1 is 1.53 bits per heavy atom. The van der Waals surface area contributed by atoms with Gasteiger partial charge in [0.25, 0.3) is 0 Å². The number of nitrogens with zero attached hydrogens (tertiary/aromatic N) is 4. The fraction of sp³-hybridized carbons (Fsp3) is 0.727. The molecule has 1 saturated heterocycles. The highest BCUT2D eigenvalue weighted by molar-refractivity contribution is 8.13. The van der Waals surface area contributed by atoms with Gasteiger partial charge < -0.3 is 9.64 Å². The number of nitriles is 2. The summed E-state index contributed by atoms with van der Waals surface area (Å²) in [5, 5.41) is 17.9. The van der Waals surface area contributed by atoms with Gasteiger partial charge in [0.2, 0.25) is 6.19 Å². The van der Waals surface area contributed by atoms with Gasteiger partial charge in [0.1, 0.15) is 0 Å². The first-order valence-corrected chi connectivity index (χ1v) is 6.37. The number of ether oxygens (including phenoxy) is 1. The Labute approximate surface area is 106 Å². The van der Waals surface area contributed by atoms with E-state index in [2.05, 4.69) is 18.8 Å². The van der Waals surface area contributed by atoms with Gasteiger partial charge in [-0.15, -0.1) is 4.99 Å². The standard InChI is InChI=1S/C11H16N4OS/c1-11(2)7-15(4-5-16-8-11)10(14-9-13)17-6-3-12/h4-8H2,1-2H3. The average molecular weight is 252 g/mol. The fourth-order valence-electron chi connectivity index (χ4n) is 1.66. The van der Waals surface area contributed by atoms with E-state index in [0.717, 1.165) is 6.54 Å². The largest absolute Gasteiger partial charge is 0.379 e. The zero-order valence-corrected chi connectivity index (χ0v) is 11.0. The second-order valence-electron chi connectivity index (χ2n) is 4.58. The van der Waals surface area contributed by atoms with Crippen molar-refractivity contribution < 1.29 is 4.74 Å². The molecule has 0 aromatic rings. The van der Waals surface area contributed by atoms with Crippen LogP contribution in [0.3, 0.4) is 0 Å². The van der Waals surface area contributed by atoms with Gasteiger partial charge in [0.05, 0.1) is 25.0 Å². The van der Waals surface area contributed by atoms with Crippen LogP contribution in [0.15, 0.2) is 4.99 Å². The van der Waals surface area contributed by atoms with Crippen molar-refractivity contribution in [3.8, 4) is 12.3 Å². The van der Waals surface area contributed by atoms with Gasteiger partial charge in [0, 0.05) is 18.5 Å². The molecule has 1 rings (SSSR count). The van der Waals surface area contributed by atoms with Gasteiger partial charge in [-0.2, -0.15) is 10.5 Å². The molecule has 0 saturated carbocycles. The van der Waals surface area contributed by atoms with Crippen LogP contribution in [0.25, 0.3) is 0 Å². The number of hydrogen-bond acceptors (Lipinski definition) is 5. The second kappa shape index (κ2) is 6.48. The van der Waals surface area contributed by atoms with Crippen LogP contribution in [-0.4, -0.2) is 42.1 Å². The van der Waals surface area contributed by atoms with Crippen LogP contribution < -0.4 is 0 Å². The van der Waals surface area contributed by atoms with Crippen LogP contribution in [0, 0.1) is 28.2 Å². The molecule has 0 unspecified atom stereocenters. The number of rotatable bonds is 1. The molecule has 0 amide bonds. The van der Waals surface area contributed by atoms with E-state index in [1.807, 2.05) is 11.0 Å². The summed E-state index contributed by atoms with van der Waals surface area (Å²) < 4.78 is 5.52. The summed E-state index contributed by atoms with van der Waals surface area (Å²) >= 11 is 1.30. The molecule has 0 N–H and O–H groups in total. The Morgan fingerprint density at radius 3 is 2.94 bits per heavy atom. The molecule has 1 aliphatic heterocycles. The predicted octanol–water partition coefficient (Wildman–Crippen LogP) is 1.44. The smallest absolute Gasteiger partial charge is 0.208 e. The third kappa shape index (κ3) is 4.64. The maximum atomic E-state index is 8.68. The number of amidine groups is 1. The van der Waals surface area contributed by atoms with Crippen molar-refractivity contribution in [2.75, 3.05) is 32.1 Å². The van der Waals surface area contributed by atoms with Crippen LogP contribution in [-0.2, 0) is 4.74 Å². The molecule has 1 heterocycles. The Balaban J connectivity index is 2.76. The number of thioether (sulfide) groups is 1. The number of hydrogen-bond donors (Lipinski definition) is 0. The molecule has 0 aromatic heterocycles. The first-order chi connectivity index (χ1) is 8.09. The predicted molar refractivity (Wildman–Crippen MR) is 67.3 cm³/mol. The SMILES string of the molecule is CC1(C)COCCN(C(=NC#N)SCC#N)C1. The molecule has 1 fully saturated rings. The number of aliphatic imine (C=N–C) groups is 1. The van der Waals surface area contributed by atoms with Crippen molar-refractivity contribution in [2.24, 2.45) is 10.4 Å². The van der Waals surface area contributed by atoms with Gasteiger partial charge >= 0.3 is 0 Å². The summed E-state index contributed by atoms with van der Waals surface area (Å²) in [7, 11) is 0. The van der Waals surface area contributed by atoms with Gasteiger partial charge in [-0.3, -0.25) is 0 Å². The lowest BCUT2D eigenvalue weighted by atomic mass is 9.94. The van der Waals surface area contributed by atoms with E-state index in [1.54, 1.807) is 6.19 Å². The molecule has 5 nitrogen and oxygen atoms in total. The van der Waals surface area contributed by atoms with Crippen molar-refractivity contribution >= 4 is 16.9 Å². The molecule has 6 heteroatoms. The van der Waals surface area contributed by atoms with Crippen LogP contribution in [0.2, 0.25) is 0 Å². The quantitative estimate of drug-likeness (QED) is 0.401. The molecule has 0 bridgehead atoms. The molecular weight excluding hydrogens is 236 g/mol. The molecule has 0 atom stereocenters. The lowest BCUT2D eigenvalue weighted by molar-refractivity contribution is 0.0890. The minimum absolute atomic E-state index is 0.0277. The van der Waals surface area contributed by atoms with Crippen molar-refractivity contribution in [1.82, 2.24) is 4.90 Å². The van der Waals surface area contributed by atoms with Crippen molar-refractivity contribution in [2.45, 2.75) is 13.8 Å². The normalized spacial score (nSPS) is 20.2. The summed E-state index contributed by atoms with van der Waals surface area (Å²) in [4.78, 5) is 5.82. The van der Waals surface area contributed by atoms with E-state index in [-0.39, 0.29) is 5.41 Å². The summed E-state index contributed by atoms with van der Waals surface area (Å²) in [6.45, 7) is 7.05. The van der Waals surface area contributed by atoms with Gasteiger partial charge in [-0.25, -0.2) is 0 Å². The van der Waals surface area contributed by atoms with E-state index in [0.29, 0.717) is 30.7 Å². The van der Waals surface area contributed by atoms with E-state index < -0.39 is 0 Å². The van der Waals surface area contributed by atoms with Crippen LogP contribution in [0.4, 0.5) is 0 Å². The highest BCUT2D eigenvalue weighted by Gasteiger charge is 2.27. The topological polar surface area (TPSA) is 72.4 Å². The lowest BCUT2D eigenvalue weighted by Crippen LogP contribution is -2.37. The maximum absolute atomic E-state index is 8.68. The van der Waals surface area contributed by atoms with Crippen molar-refractivity contribution in [3.63, 3.8) is 0 Å². The van der Waals surface area contributed by atoms with Crippen molar-refractivity contribution in [1.29, 1.82) is 10.5 Å². The first-order valence-electron chi connectivity index (χ1n) is 5.38. The molecule has 0 radical (unpaired) electrons. The highest BCUT2D eigenvalue weighted by Crippen LogP contribution is 2.22. The Morgan fingerprint density at radius 2 is 2.29 bits per heavy atom. The average Bonchev–Trinajstić information content (AvgIpc) is 2.45. The van der Waals surface area contributed by atoms with E-state index in [9.17, 15) is 0 Å².